The predicted molar refractivity (Wildman–Crippen MR) is 70.0 cm³/mol. The number of hydrogen-bond donors (Lipinski definition) is 1. The van der Waals surface area contributed by atoms with Gasteiger partial charge in [0.2, 0.25) is 0 Å². The van der Waals surface area contributed by atoms with Crippen LogP contribution in [0.5, 0.6) is 0 Å². The molecule has 2 rings (SSSR count). The fourth-order valence-electron chi connectivity index (χ4n) is 1.42. The molecular formula is C13H13ClN2O2. The summed E-state index contributed by atoms with van der Waals surface area (Å²) in [6.07, 6.45) is 0. The predicted octanol–water partition coefficient (Wildman–Crippen LogP) is 3.70. The van der Waals surface area contributed by atoms with Crippen molar-refractivity contribution in [1.82, 2.24) is 5.16 Å². The van der Waals surface area contributed by atoms with Gasteiger partial charge in [-0.05, 0) is 12.1 Å². The number of hydrogen-bond acceptors (Lipinski definition) is 3. The van der Waals surface area contributed by atoms with Crippen molar-refractivity contribution in [3.63, 3.8) is 0 Å². The fraction of sp³-hybridized carbons (Fsp3) is 0.231. The third-order valence-corrected chi connectivity index (χ3v) is 2.78. The van der Waals surface area contributed by atoms with Crippen LogP contribution in [-0.4, -0.2) is 11.1 Å². The quantitative estimate of drug-likeness (QED) is 0.919. The summed E-state index contributed by atoms with van der Waals surface area (Å²) in [7, 11) is 0. The molecule has 2 aromatic rings. The Bertz CT molecular complexity index is 564. The molecule has 5 heteroatoms. The first-order chi connectivity index (χ1) is 8.58. The largest absolute Gasteiger partial charge is 0.360 e. The van der Waals surface area contributed by atoms with Crippen molar-refractivity contribution in [3.05, 3.63) is 46.8 Å². The maximum absolute atomic E-state index is 11.9. The number of rotatable bonds is 3. The average Bonchev–Trinajstić information content (AvgIpc) is 2.81. The van der Waals surface area contributed by atoms with E-state index in [0.29, 0.717) is 16.5 Å². The maximum Gasteiger partial charge on any atom is 0.277 e. The molecule has 0 aliphatic heterocycles. The molecule has 0 radical (unpaired) electrons. The molecule has 18 heavy (non-hydrogen) atoms. The van der Waals surface area contributed by atoms with Crippen LogP contribution in [0.15, 0.2) is 34.9 Å². The van der Waals surface area contributed by atoms with Gasteiger partial charge >= 0.3 is 0 Å². The van der Waals surface area contributed by atoms with Gasteiger partial charge in [0.15, 0.2) is 5.69 Å². The molecule has 94 valence electrons. The van der Waals surface area contributed by atoms with Crippen molar-refractivity contribution < 1.29 is 9.32 Å². The summed E-state index contributed by atoms with van der Waals surface area (Å²) in [6.45, 7) is 3.94. The second kappa shape index (κ2) is 5.23. The lowest BCUT2D eigenvalue weighted by atomic mass is 10.1. The van der Waals surface area contributed by atoms with Gasteiger partial charge in [-0.1, -0.05) is 42.7 Å². The summed E-state index contributed by atoms with van der Waals surface area (Å²) in [5, 5.41) is 6.90. The number of para-hydroxylation sites is 1. The highest BCUT2D eigenvalue weighted by atomic mass is 35.5. The molecule has 0 aliphatic carbocycles. The first-order valence-electron chi connectivity index (χ1n) is 5.60. The number of nitrogens with zero attached hydrogens (tertiary/aromatic N) is 1. The Morgan fingerprint density at radius 1 is 1.39 bits per heavy atom. The van der Waals surface area contributed by atoms with Crippen LogP contribution in [0.1, 0.15) is 36.0 Å². The van der Waals surface area contributed by atoms with E-state index in [0.717, 1.165) is 0 Å². The molecule has 1 amide bonds. The van der Waals surface area contributed by atoms with E-state index in [1.807, 2.05) is 13.8 Å². The van der Waals surface area contributed by atoms with Gasteiger partial charge in [-0.2, -0.15) is 0 Å². The number of anilines is 1. The van der Waals surface area contributed by atoms with Gasteiger partial charge in [-0.25, -0.2) is 0 Å². The van der Waals surface area contributed by atoms with Gasteiger partial charge in [-0.3, -0.25) is 4.79 Å². The number of benzene rings is 1. The van der Waals surface area contributed by atoms with Crippen molar-refractivity contribution >= 4 is 23.2 Å². The zero-order valence-electron chi connectivity index (χ0n) is 10.1. The van der Waals surface area contributed by atoms with Gasteiger partial charge in [0.25, 0.3) is 5.91 Å². The van der Waals surface area contributed by atoms with Crippen molar-refractivity contribution in [2.45, 2.75) is 19.8 Å². The normalized spacial score (nSPS) is 10.7. The van der Waals surface area contributed by atoms with Crippen molar-refractivity contribution in [2.75, 3.05) is 5.32 Å². The van der Waals surface area contributed by atoms with E-state index in [-0.39, 0.29) is 17.5 Å². The number of nitrogens with one attached hydrogen (secondary N) is 1. The molecule has 0 unspecified atom stereocenters. The van der Waals surface area contributed by atoms with Crippen LogP contribution in [0.2, 0.25) is 5.02 Å². The van der Waals surface area contributed by atoms with Crippen LogP contribution >= 0.6 is 11.6 Å². The molecule has 4 nitrogen and oxygen atoms in total. The zero-order valence-corrected chi connectivity index (χ0v) is 10.9. The summed E-state index contributed by atoms with van der Waals surface area (Å²) in [6, 6.07) is 8.66. The number of aromatic nitrogens is 1. The lowest BCUT2D eigenvalue weighted by Crippen LogP contribution is -2.12. The highest BCUT2D eigenvalue weighted by Crippen LogP contribution is 2.21. The minimum atomic E-state index is -0.334. The lowest BCUT2D eigenvalue weighted by Gasteiger charge is -2.04. The SMILES string of the molecule is CC(C)c1cc(C(=O)Nc2ccccc2Cl)no1. The smallest absolute Gasteiger partial charge is 0.277 e. The lowest BCUT2D eigenvalue weighted by molar-refractivity contribution is 0.101. The van der Waals surface area contributed by atoms with Crippen molar-refractivity contribution in [2.24, 2.45) is 0 Å². The monoisotopic (exact) mass is 264 g/mol. The first-order valence-corrected chi connectivity index (χ1v) is 5.98. The van der Waals surface area contributed by atoms with Crippen LogP contribution in [0, 0.1) is 0 Å². The van der Waals surface area contributed by atoms with E-state index in [4.69, 9.17) is 16.1 Å². The van der Waals surface area contributed by atoms with E-state index >= 15 is 0 Å². The Morgan fingerprint density at radius 2 is 2.11 bits per heavy atom. The number of carbonyl (C=O) groups is 1. The molecule has 0 spiro atoms. The topological polar surface area (TPSA) is 55.1 Å². The van der Waals surface area contributed by atoms with E-state index < -0.39 is 0 Å². The fourth-order valence-corrected chi connectivity index (χ4v) is 1.60. The molecule has 0 aliphatic rings. The molecular weight excluding hydrogens is 252 g/mol. The Kier molecular flexibility index (Phi) is 3.67. The molecule has 1 heterocycles. The molecule has 1 aromatic carbocycles. The molecule has 0 bridgehead atoms. The second-order valence-electron chi connectivity index (χ2n) is 4.20. The van der Waals surface area contributed by atoms with Crippen LogP contribution in [0.3, 0.4) is 0 Å². The molecule has 1 aromatic heterocycles. The van der Waals surface area contributed by atoms with E-state index in [1.165, 1.54) is 0 Å². The molecule has 0 saturated carbocycles. The molecule has 0 atom stereocenters. The van der Waals surface area contributed by atoms with Crippen LogP contribution < -0.4 is 5.32 Å². The Balaban J connectivity index is 2.15. The van der Waals surface area contributed by atoms with Crippen LogP contribution in [0.4, 0.5) is 5.69 Å². The highest BCUT2D eigenvalue weighted by molar-refractivity contribution is 6.33. The number of amides is 1. The minimum Gasteiger partial charge on any atom is -0.360 e. The first kappa shape index (κ1) is 12.6. The van der Waals surface area contributed by atoms with E-state index in [9.17, 15) is 4.79 Å². The third-order valence-electron chi connectivity index (χ3n) is 2.45. The van der Waals surface area contributed by atoms with Crippen molar-refractivity contribution in [1.29, 1.82) is 0 Å². The summed E-state index contributed by atoms with van der Waals surface area (Å²) in [4.78, 5) is 11.9. The van der Waals surface area contributed by atoms with Crippen LogP contribution in [-0.2, 0) is 0 Å². The van der Waals surface area contributed by atoms with Gasteiger partial charge in [0, 0.05) is 12.0 Å². The number of carbonyl (C=O) groups excluding carboxylic acids is 1. The summed E-state index contributed by atoms with van der Waals surface area (Å²) >= 11 is 5.95. The molecule has 0 fully saturated rings. The van der Waals surface area contributed by atoms with E-state index in [1.54, 1.807) is 30.3 Å². The minimum absolute atomic E-state index is 0.194. The highest BCUT2D eigenvalue weighted by Gasteiger charge is 2.15. The average molecular weight is 265 g/mol. The Hall–Kier alpha value is -1.81. The molecule has 1 N–H and O–H groups in total. The number of halogens is 1. The maximum atomic E-state index is 11.9. The Labute approximate surface area is 110 Å². The van der Waals surface area contributed by atoms with Crippen molar-refractivity contribution in [3.8, 4) is 0 Å². The Morgan fingerprint density at radius 3 is 2.72 bits per heavy atom. The van der Waals surface area contributed by atoms with E-state index in [2.05, 4.69) is 10.5 Å². The standard InChI is InChI=1S/C13H13ClN2O2/c1-8(2)12-7-11(16-18-12)13(17)15-10-6-4-3-5-9(10)14/h3-8H,1-2H3,(H,15,17). The van der Waals surface area contributed by atoms with Gasteiger partial charge in [0.1, 0.15) is 5.76 Å². The second-order valence-corrected chi connectivity index (χ2v) is 4.61. The summed E-state index contributed by atoms with van der Waals surface area (Å²) in [5.41, 5.74) is 0.803. The van der Waals surface area contributed by atoms with Gasteiger partial charge < -0.3 is 9.84 Å². The zero-order chi connectivity index (χ0) is 13.1. The van der Waals surface area contributed by atoms with Gasteiger partial charge in [-0.15, -0.1) is 0 Å². The summed E-state index contributed by atoms with van der Waals surface area (Å²) < 4.78 is 5.07. The summed E-state index contributed by atoms with van der Waals surface area (Å²) in [5.74, 6) is 0.539. The molecule has 0 saturated heterocycles. The third kappa shape index (κ3) is 2.71. The van der Waals surface area contributed by atoms with Gasteiger partial charge in [0.05, 0.1) is 10.7 Å². The van der Waals surface area contributed by atoms with Crippen LogP contribution in [0.25, 0.3) is 0 Å².